The van der Waals surface area contributed by atoms with E-state index in [0.29, 0.717) is 21.5 Å². The number of nitrogens with one attached hydrogen (secondary N) is 1. The van der Waals surface area contributed by atoms with E-state index in [-0.39, 0.29) is 16.2 Å². The number of nitro groups is 1. The van der Waals surface area contributed by atoms with Gasteiger partial charge in [-0.3, -0.25) is 24.0 Å². The summed E-state index contributed by atoms with van der Waals surface area (Å²) in [6.07, 6.45) is 0.933. The second-order valence-corrected chi connectivity index (χ2v) is 9.91. The molecule has 164 valence electrons. The number of benzene rings is 2. The monoisotopic (exact) mass is 464 g/mol. The Morgan fingerprint density at radius 3 is 2.55 bits per heavy atom. The van der Waals surface area contributed by atoms with Crippen LogP contribution in [0, 0.1) is 17.0 Å². The number of non-ortho nitro benzene ring substituents is 1. The van der Waals surface area contributed by atoms with Gasteiger partial charge in [0.1, 0.15) is 6.04 Å². The largest absolute Gasteiger partial charge is 0.324 e. The Hall–Kier alpha value is -3.25. The van der Waals surface area contributed by atoms with Crippen molar-refractivity contribution in [2.45, 2.75) is 19.9 Å². The molecular weight excluding hydrogens is 444 g/mol. The molecule has 0 spiro atoms. The number of nitro benzene ring substituents is 1. The molecule has 0 unspecified atom stereocenters. The molecule has 12 heteroatoms. The fourth-order valence-electron chi connectivity index (χ4n) is 3.19. The predicted octanol–water partition coefficient (Wildman–Crippen LogP) is 2.61. The molecule has 10 nitrogen and oxygen atoms in total. The maximum Gasteiger partial charge on any atom is 0.307 e. The van der Waals surface area contributed by atoms with Crippen molar-refractivity contribution in [1.29, 1.82) is 0 Å². The molecule has 2 aromatic carbocycles. The third kappa shape index (κ3) is 4.44. The van der Waals surface area contributed by atoms with Crippen molar-refractivity contribution in [2.24, 2.45) is 7.05 Å². The molecule has 0 saturated heterocycles. The first-order valence-corrected chi connectivity index (χ1v) is 11.7. The molecular formula is C19H20N4O6S2. The highest BCUT2D eigenvalue weighted by atomic mass is 32.2. The van der Waals surface area contributed by atoms with E-state index >= 15 is 0 Å². The first-order valence-electron chi connectivity index (χ1n) is 9.05. The highest BCUT2D eigenvalue weighted by Gasteiger charge is 2.31. The third-order valence-corrected chi connectivity index (χ3v) is 7.01. The number of aromatic nitrogens is 1. The van der Waals surface area contributed by atoms with Gasteiger partial charge in [0.2, 0.25) is 15.9 Å². The van der Waals surface area contributed by atoms with Gasteiger partial charge in [-0.05, 0) is 37.6 Å². The minimum absolute atomic E-state index is 0.0519. The molecule has 0 bridgehead atoms. The number of nitrogens with zero attached hydrogens (tertiary/aromatic N) is 3. The minimum Gasteiger partial charge on any atom is -0.324 e. The van der Waals surface area contributed by atoms with Gasteiger partial charge in [0.25, 0.3) is 5.69 Å². The maximum atomic E-state index is 12.9. The van der Waals surface area contributed by atoms with E-state index in [1.54, 1.807) is 32.2 Å². The highest BCUT2D eigenvalue weighted by molar-refractivity contribution is 7.92. The van der Waals surface area contributed by atoms with Crippen LogP contribution < -0.4 is 14.5 Å². The number of carbonyl (C=O) groups is 1. The molecule has 0 aliphatic rings. The molecule has 0 aliphatic carbocycles. The van der Waals surface area contributed by atoms with Crippen molar-refractivity contribution in [1.82, 2.24) is 4.57 Å². The van der Waals surface area contributed by atoms with Crippen LogP contribution in [0.15, 0.2) is 41.2 Å². The predicted molar refractivity (Wildman–Crippen MR) is 120 cm³/mol. The molecule has 1 atom stereocenters. The fourth-order valence-corrected chi connectivity index (χ4v) is 5.33. The molecule has 0 fully saturated rings. The molecule has 0 radical (unpaired) electrons. The number of thiazole rings is 1. The summed E-state index contributed by atoms with van der Waals surface area (Å²) in [4.78, 5) is 35.1. The van der Waals surface area contributed by atoms with E-state index in [1.807, 2.05) is 0 Å². The molecule has 1 aromatic heterocycles. The summed E-state index contributed by atoms with van der Waals surface area (Å²) in [6, 6.07) is 7.57. The summed E-state index contributed by atoms with van der Waals surface area (Å²) in [5.74, 6) is -0.626. The lowest BCUT2D eigenvalue weighted by atomic mass is 10.1. The van der Waals surface area contributed by atoms with Gasteiger partial charge in [0.15, 0.2) is 0 Å². The number of aryl methyl sites for hydroxylation is 2. The first kappa shape index (κ1) is 22.4. The van der Waals surface area contributed by atoms with Gasteiger partial charge in [-0.1, -0.05) is 17.4 Å². The second kappa shape index (κ2) is 8.12. The van der Waals surface area contributed by atoms with Crippen LogP contribution in [-0.2, 0) is 21.9 Å². The standard InChI is InChI=1S/C19H20N4O6S2/c1-11-5-7-14(23(26)27)10-16(11)22(31(4,28)29)12(2)18(24)20-13-6-8-15-17(9-13)30-19(25)21(15)3/h5-10,12H,1-4H3,(H,20,24)/t12-/m1/s1. The summed E-state index contributed by atoms with van der Waals surface area (Å²) in [7, 11) is -2.30. The van der Waals surface area contributed by atoms with E-state index < -0.39 is 26.9 Å². The van der Waals surface area contributed by atoms with Gasteiger partial charge in [-0.2, -0.15) is 0 Å². The Kier molecular flexibility index (Phi) is 5.87. The molecule has 3 aromatic rings. The van der Waals surface area contributed by atoms with Gasteiger partial charge < -0.3 is 9.88 Å². The Balaban J connectivity index is 1.96. The van der Waals surface area contributed by atoms with E-state index in [0.717, 1.165) is 28.0 Å². The van der Waals surface area contributed by atoms with E-state index in [4.69, 9.17) is 0 Å². The van der Waals surface area contributed by atoms with Crippen LogP contribution in [0.5, 0.6) is 0 Å². The molecule has 0 saturated carbocycles. The molecule has 1 N–H and O–H groups in total. The maximum absolute atomic E-state index is 12.9. The summed E-state index contributed by atoms with van der Waals surface area (Å²) in [5, 5.41) is 13.8. The van der Waals surface area contributed by atoms with Crippen molar-refractivity contribution in [3.05, 3.63) is 61.7 Å². The Morgan fingerprint density at radius 1 is 1.26 bits per heavy atom. The van der Waals surface area contributed by atoms with Gasteiger partial charge in [-0.15, -0.1) is 0 Å². The van der Waals surface area contributed by atoms with Crippen molar-refractivity contribution in [3.63, 3.8) is 0 Å². The zero-order valence-corrected chi connectivity index (χ0v) is 18.8. The van der Waals surface area contributed by atoms with Gasteiger partial charge in [0, 0.05) is 24.9 Å². The number of sulfonamides is 1. The van der Waals surface area contributed by atoms with Crippen LogP contribution in [0.25, 0.3) is 10.2 Å². The number of carbonyl (C=O) groups excluding carboxylic acids is 1. The van der Waals surface area contributed by atoms with Crippen molar-refractivity contribution in [2.75, 3.05) is 15.9 Å². The van der Waals surface area contributed by atoms with Crippen LogP contribution in [0.4, 0.5) is 17.1 Å². The van der Waals surface area contributed by atoms with Crippen LogP contribution in [0.1, 0.15) is 12.5 Å². The summed E-state index contributed by atoms with van der Waals surface area (Å²) >= 11 is 1.03. The van der Waals surface area contributed by atoms with Crippen LogP contribution in [-0.4, -0.2) is 36.1 Å². The zero-order valence-electron chi connectivity index (χ0n) is 17.1. The van der Waals surface area contributed by atoms with Crippen molar-refractivity contribution in [3.8, 4) is 0 Å². The first-order chi connectivity index (χ1) is 14.4. The number of hydrogen-bond donors (Lipinski definition) is 1. The SMILES string of the molecule is Cc1ccc([N+](=O)[O-])cc1N([C@H](C)C(=O)Nc1ccc2c(c1)sc(=O)n2C)S(C)(=O)=O. The number of anilines is 2. The Bertz CT molecular complexity index is 1360. The number of hydrogen-bond acceptors (Lipinski definition) is 7. The topological polar surface area (TPSA) is 132 Å². The molecule has 3 rings (SSSR count). The average molecular weight is 465 g/mol. The Morgan fingerprint density at radius 2 is 1.94 bits per heavy atom. The highest BCUT2D eigenvalue weighted by Crippen LogP contribution is 2.30. The lowest BCUT2D eigenvalue weighted by molar-refractivity contribution is -0.384. The second-order valence-electron chi connectivity index (χ2n) is 7.06. The van der Waals surface area contributed by atoms with Gasteiger partial charge >= 0.3 is 4.87 Å². The Labute approximate surface area is 181 Å². The van der Waals surface area contributed by atoms with Crippen LogP contribution in [0.2, 0.25) is 0 Å². The number of rotatable bonds is 6. The normalized spacial score (nSPS) is 12.5. The van der Waals surface area contributed by atoms with Gasteiger partial charge in [0.05, 0.1) is 27.1 Å². The zero-order chi connectivity index (χ0) is 23.1. The lowest BCUT2D eigenvalue weighted by Crippen LogP contribution is -2.45. The van der Waals surface area contributed by atoms with Crippen molar-refractivity contribution >= 4 is 54.5 Å². The summed E-state index contributed by atoms with van der Waals surface area (Å²) in [6.45, 7) is 3.00. The molecule has 1 amide bonds. The van der Waals surface area contributed by atoms with E-state index in [2.05, 4.69) is 5.32 Å². The summed E-state index contributed by atoms with van der Waals surface area (Å²) < 4.78 is 28.1. The smallest absolute Gasteiger partial charge is 0.307 e. The third-order valence-electron chi connectivity index (χ3n) is 4.79. The minimum atomic E-state index is -3.95. The molecule has 0 aliphatic heterocycles. The fraction of sp³-hybridized carbons (Fsp3) is 0.263. The quantitative estimate of drug-likeness (QED) is 0.441. The number of amides is 1. The molecule has 1 heterocycles. The number of fused-ring (bicyclic) bond motifs is 1. The van der Waals surface area contributed by atoms with E-state index in [9.17, 15) is 28.1 Å². The van der Waals surface area contributed by atoms with Crippen LogP contribution >= 0.6 is 11.3 Å². The lowest BCUT2D eigenvalue weighted by Gasteiger charge is -2.29. The molecule has 31 heavy (non-hydrogen) atoms. The van der Waals surface area contributed by atoms with E-state index in [1.165, 1.54) is 23.6 Å². The summed E-state index contributed by atoms with van der Waals surface area (Å²) in [5.41, 5.74) is 1.34. The van der Waals surface area contributed by atoms with Gasteiger partial charge in [-0.25, -0.2) is 8.42 Å². The van der Waals surface area contributed by atoms with Crippen LogP contribution in [0.3, 0.4) is 0 Å². The van der Waals surface area contributed by atoms with Crippen molar-refractivity contribution < 1.29 is 18.1 Å². The average Bonchev–Trinajstić information content (AvgIpc) is 2.95.